The largest absolute Gasteiger partial charge is 0.493 e. The lowest BCUT2D eigenvalue weighted by atomic mass is 10.1. The SMILES string of the molecule is CCCOc1ccccc1CCCNC(=O)CN(c1ccc(F)c(Cl)c1)S(C)(=O)=O. The Bertz CT molecular complexity index is 969. The van der Waals surface area contributed by atoms with Gasteiger partial charge in [-0.25, -0.2) is 12.8 Å². The van der Waals surface area contributed by atoms with Crippen LogP contribution in [0.5, 0.6) is 5.75 Å². The van der Waals surface area contributed by atoms with Gasteiger partial charge in [0, 0.05) is 6.54 Å². The molecule has 1 N–H and O–H groups in total. The molecular weight excluding hydrogens is 431 g/mol. The van der Waals surface area contributed by atoms with Crippen molar-refractivity contribution in [2.45, 2.75) is 26.2 Å². The number of nitrogens with one attached hydrogen (secondary N) is 1. The van der Waals surface area contributed by atoms with Crippen molar-refractivity contribution >= 4 is 33.2 Å². The summed E-state index contributed by atoms with van der Waals surface area (Å²) in [7, 11) is -3.76. The van der Waals surface area contributed by atoms with Gasteiger partial charge in [0.25, 0.3) is 0 Å². The van der Waals surface area contributed by atoms with Crippen molar-refractivity contribution in [1.29, 1.82) is 0 Å². The summed E-state index contributed by atoms with van der Waals surface area (Å²) in [5.74, 6) is -0.292. The number of nitrogens with zero attached hydrogens (tertiary/aromatic N) is 1. The Kier molecular flexibility index (Phi) is 8.92. The topological polar surface area (TPSA) is 75.7 Å². The standard InChI is InChI=1S/C21H26ClFN2O4S/c1-3-13-29-20-9-5-4-7-16(20)8-6-12-24-21(26)15-25(30(2,27)28)17-10-11-19(23)18(22)14-17/h4-5,7,9-11,14H,3,6,8,12-13,15H2,1-2H3,(H,24,26). The maximum absolute atomic E-state index is 13.4. The number of aryl methyl sites for hydroxylation is 1. The molecule has 0 radical (unpaired) electrons. The molecule has 0 bridgehead atoms. The van der Waals surface area contributed by atoms with E-state index in [1.165, 1.54) is 12.1 Å². The Hall–Kier alpha value is -2.32. The van der Waals surface area contributed by atoms with Crippen LogP contribution in [0.1, 0.15) is 25.3 Å². The highest BCUT2D eigenvalue weighted by molar-refractivity contribution is 7.92. The van der Waals surface area contributed by atoms with E-state index in [1.54, 1.807) is 0 Å². The van der Waals surface area contributed by atoms with Gasteiger partial charge in [-0.15, -0.1) is 0 Å². The third-order valence-corrected chi connectivity index (χ3v) is 5.69. The molecular formula is C21H26ClFN2O4S. The number of hydrogen-bond donors (Lipinski definition) is 1. The van der Waals surface area contributed by atoms with Gasteiger partial charge in [-0.1, -0.05) is 36.7 Å². The number of hydrogen-bond acceptors (Lipinski definition) is 4. The average molecular weight is 457 g/mol. The van der Waals surface area contributed by atoms with Gasteiger partial charge in [0.2, 0.25) is 15.9 Å². The van der Waals surface area contributed by atoms with Gasteiger partial charge in [-0.3, -0.25) is 9.10 Å². The lowest BCUT2D eigenvalue weighted by Crippen LogP contribution is -2.40. The summed E-state index contributed by atoms with van der Waals surface area (Å²) in [6, 6.07) is 11.3. The fourth-order valence-electron chi connectivity index (χ4n) is 2.80. The van der Waals surface area contributed by atoms with Crippen molar-refractivity contribution in [3.63, 3.8) is 0 Å². The van der Waals surface area contributed by atoms with Gasteiger partial charge in [-0.2, -0.15) is 0 Å². The molecule has 6 nitrogen and oxygen atoms in total. The average Bonchev–Trinajstić information content (AvgIpc) is 2.70. The molecule has 0 aliphatic rings. The summed E-state index contributed by atoms with van der Waals surface area (Å²) in [5, 5.41) is 2.50. The third-order valence-electron chi connectivity index (χ3n) is 4.26. The van der Waals surface area contributed by atoms with Crippen LogP contribution in [0.3, 0.4) is 0 Å². The summed E-state index contributed by atoms with van der Waals surface area (Å²) >= 11 is 5.74. The molecule has 0 heterocycles. The van der Waals surface area contributed by atoms with E-state index in [9.17, 15) is 17.6 Å². The monoisotopic (exact) mass is 456 g/mol. The number of carbonyl (C=O) groups excluding carboxylic acids is 1. The number of halogens is 2. The lowest BCUT2D eigenvalue weighted by Gasteiger charge is -2.22. The Morgan fingerprint density at radius 3 is 2.63 bits per heavy atom. The minimum Gasteiger partial charge on any atom is -0.493 e. The van der Waals surface area contributed by atoms with Gasteiger partial charge in [0.05, 0.1) is 23.6 Å². The van der Waals surface area contributed by atoms with Gasteiger partial charge in [-0.05, 0) is 49.1 Å². The maximum Gasteiger partial charge on any atom is 0.240 e. The molecule has 0 fully saturated rings. The zero-order valence-electron chi connectivity index (χ0n) is 17.0. The minimum atomic E-state index is -3.76. The van der Waals surface area contributed by atoms with Crippen LogP contribution < -0.4 is 14.4 Å². The van der Waals surface area contributed by atoms with Crippen LogP contribution in [-0.2, 0) is 21.2 Å². The molecule has 2 rings (SSSR count). The summed E-state index contributed by atoms with van der Waals surface area (Å²) < 4.78 is 44.2. The molecule has 164 valence electrons. The van der Waals surface area contributed by atoms with Crippen molar-refractivity contribution in [2.24, 2.45) is 0 Å². The van der Waals surface area contributed by atoms with E-state index in [-0.39, 0.29) is 10.7 Å². The van der Waals surface area contributed by atoms with Crippen LogP contribution in [-0.4, -0.2) is 40.3 Å². The van der Waals surface area contributed by atoms with Crippen molar-refractivity contribution < 1.29 is 22.3 Å². The molecule has 0 saturated heterocycles. The molecule has 0 aromatic heterocycles. The molecule has 0 unspecified atom stereocenters. The summed E-state index contributed by atoms with van der Waals surface area (Å²) in [6.07, 6.45) is 3.27. The Morgan fingerprint density at radius 2 is 1.97 bits per heavy atom. The number of rotatable bonds is 11. The Morgan fingerprint density at radius 1 is 1.23 bits per heavy atom. The van der Waals surface area contributed by atoms with Crippen LogP contribution in [0.15, 0.2) is 42.5 Å². The molecule has 0 saturated carbocycles. The first-order chi connectivity index (χ1) is 14.2. The van der Waals surface area contributed by atoms with E-state index in [0.29, 0.717) is 26.0 Å². The van der Waals surface area contributed by atoms with E-state index >= 15 is 0 Å². The van der Waals surface area contributed by atoms with Crippen LogP contribution in [0.4, 0.5) is 10.1 Å². The molecule has 2 aromatic rings. The van der Waals surface area contributed by atoms with Gasteiger partial charge in [0.15, 0.2) is 0 Å². The number of benzene rings is 2. The van der Waals surface area contributed by atoms with E-state index in [4.69, 9.17) is 16.3 Å². The Balaban J connectivity index is 1.92. The lowest BCUT2D eigenvalue weighted by molar-refractivity contribution is -0.119. The number of para-hydroxylation sites is 1. The van der Waals surface area contributed by atoms with Gasteiger partial charge < -0.3 is 10.1 Å². The van der Waals surface area contributed by atoms with Gasteiger partial charge in [0.1, 0.15) is 18.1 Å². The predicted molar refractivity (Wildman–Crippen MR) is 117 cm³/mol. The van der Waals surface area contributed by atoms with E-state index in [0.717, 1.165) is 34.4 Å². The van der Waals surface area contributed by atoms with Crippen molar-refractivity contribution in [3.05, 3.63) is 58.9 Å². The molecule has 9 heteroatoms. The highest BCUT2D eigenvalue weighted by Gasteiger charge is 2.21. The first kappa shape index (κ1) is 24.0. The zero-order valence-corrected chi connectivity index (χ0v) is 18.6. The smallest absolute Gasteiger partial charge is 0.240 e. The van der Waals surface area contributed by atoms with Crippen molar-refractivity contribution in [1.82, 2.24) is 5.32 Å². The minimum absolute atomic E-state index is 0.126. The first-order valence-electron chi connectivity index (χ1n) is 9.62. The fourth-order valence-corrected chi connectivity index (χ4v) is 3.82. The van der Waals surface area contributed by atoms with Crippen molar-refractivity contribution in [2.75, 3.05) is 30.3 Å². The van der Waals surface area contributed by atoms with Gasteiger partial charge >= 0.3 is 0 Å². The molecule has 2 aromatic carbocycles. The number of anilines is 1. The molecule has 0 atom stereocenters. The zero-order chi connectivity index (χ0) is 22.1. The maximum atomic E-state index is 13.4. The second-order valence-electron chi connectivity index (χ2n) is 6.78. The number of ether oxygens (including phenoxy) is 1. The van der Waals surface area contributed by atoms with Crippen LogP contribution >= 0.6 is 11.6 Å². The summed E-state index contributed by atoms with van der Waals surface area (Å²) in [5.41, 5.74) is 1.18. The molecule has 0 aliphatic carbocycles. The molecule has 0 aliphatic heterocycles. The van der Waals surface area contributed by atoms with E-state index in [2.05, 4.69) is 5.32 Å². The Labute approximate surface area is 182 Å². The first-order valence-corrected chi connectivity index (χ1v) is 11.8. The van der Waals surface area contributed by atoms with E-state index < -0.39 is 28.3 Å². The van der Waals surface area contributed by atoms with Crippen molar-refractivity contribution in [3.8, 4) is 5.75 Å². The quantitative estimate of drug-likeness (QED) is 0.522. The third kappa shape index (κ3) is 7.18. The van der Waals surface area contributed by atoms with Crippen LogP contribution in [0.2, 0.25) is 5.02 Å². The number of carbonyl (C=O) groups is 1. The molecule has 30 heavy (non-hydrogen) atoms. The molecule has 1 amide bonds. The van der Waals surface area contributed by atoms with E-state index in [1.807, 2.05) is 31.2 Å². The highest BCUT2D eigenvalue weighted by atomic mass is 35.5. The number of sulfonamides is 1. The molecule has 0 spiro atoms. The highest BCUT2D eigenvalue weighted by Crippen LogP contribution is 2.24. The normalized spacial score (nSPS) is 11.2. The summed E-state index contributed by atoms with van der Waals surface area (Å²) in [4.78, 5) is 12.3. The van der Waals surface area contributed by atoms with Crippen LogP contribution in [0.25, 0.3) is 0 Å². The number of amides is 1. The van der Waals surface area contributed by atoms with Crippen LogP contribution in [0, 0.1) is 5.82 Å². The predicted octanol–water partition coefficient (Wildman–Crippen LogP) is 3.78. The summed E-state index contributed by atoms with van der Waals surface area (Å²) in [6.45, 7) is 2.64. The fraction of sp³-hybridized carbons (Fsp3) is 0.381. The second kappa shape index (κ2) is 11.2. The second-order valence-corrected chi connectivity index (χ2v) is 9.09.